The summed E-state index contributed by atoms with van der Waals surface area (Å²) in [5.41, 5.74) is 11.9. The highest BCUT2D eigenvalue weighted by molar-refractivity contribution is 7.46. The van der Waals surface area contributed by atoms with E-state index in [4.69, 9.17) is 26.0 Å². The van der Waals surface area contributed by atoms with Gasteiger partial charge in [0.25, 0.3) is 11.5 Å². The van der Waals surface area contributed by atoms with Gasteiger partial charge < -0.3 is 51.7 Å². The molecule has 3 aromatic heterocycles. The molecule has 0 unspecified atom stereocenters. The van der Waals surface area contributed by atoms with Gasteiger partial charge in [-0.05, 0) is 30.7 Å². The summed E-state index contributed by atoms with van der Waals surface area (Å²) < 4.78 is 21.8. The van der Waals surface area contributed by atoms with Crippen LogP contribution in [0.4, 0.5) is 17.5 Å². The van der Waals surface area contributed by atoms with Crippen LogP contribution in [0.2, 0.25) is 0 Å². The SMILES string of the molecule is CN(Cc1cnc2nc(N)nc(N)c2n1)c1ccc(C(=O)N[C@@H](CCC(=O)NC/C=C/c2cn([C@H]3C[C@H](O)[C@@H](COP(=O)(O)O)O3)c(=O)[nH]c2=O)C(=O)O)cc1. The van der Waals surface area contributed by atoms with E-state index in [0.29, 0.717) is 23.4 Å². The van der Waals surface area contributed by atoms with Crippen molar-refractivity contribution < 1.29 is 48.2 Å². The summed E-state index contributed by atoms with van der Waals surface area (Å²) in [7, 11) is -3.04. The number of phosphoric acid groups is 1. The Morgan fingerprint density at radius 2 is 1.91 bits per heavy atom. The fourth-order valence-electron chi connectivity index (χ4n) is 5.52. The molecule has 1 fully saturated rings. The van der Waals surface area contributed by atoms with E-state index >= 15 is 0 Å². The molecule has 298 valence electrons. The molecule has 0 saturated carbocycles. The van der Waals surface area contributed by atoms with Gasteiger partial charge in [0, 0.05) is 43.9 Å². The monoisotopic (exact) mass is 799 g/mol. The number of carboxylic acid groups (broad SMARTS) is 1. The summed E-state index contributed by atoms with van der Waals surface area (Å²) in [6.07, 6.45) is 1.28. The minimum Gasteiger partial charge on any atom is -0.480 e. The Kier molecular flexibility index (Phi) is 12.9. The topological polar surface area (TPSA) is 353 Å². The molecule has 4 atom stereocenters. The number of aliphatic hydroxyl groups is 1. The standard InChI is InChI=1S/C32H38N11O12P/c1-42(14-18-12-36-27-25(37-18)26(33)39-31(34)40-27)19-6-4-16(5-7-19)28(46)38-20(30(48)49)8-9-23(45)35-10-2-3-17-13-43(32(50)41-29(17)47)24-11-21(44)22(55-24)15-54-56(51,52)53/h2-7,12-13,20-22,24,44H,8-11,14-15H2,1H3,(H,35,45)(H,38,46)(H,48,49)(H,41,47,50)(H2,51,52,53)(H4,33,34,36,39,40)/b3-2+/t20-,21-,22+,24+/m0/s1. The first-order valence-electron chi connectivity index (χ1n) is 16.7. The molecule has 11 N–H and O–H groups in total. The molecule has 23 nitrogen and oxygen atoms in total. The average molecular weight is 800 g/mol. The number of ether oxygens (including phenoxy) is 1. The lowest BCUT2D eigenvalue weighted by Gasteiger charge is -2.19. The summed E-state index contributed by atoms with van der Waals surface area (Å²) in [5, 5.41) is 24.8. The molecule has 2 amide bonds. The highest BCUT2D eigenvalue weighted by Gasteiger charge is 2.37. The van der Waals surface area contributed by atoms with Crippen molar-refractivity contribution in [1.82, 2.24) is 40.1 Å². The molecule has 1 aliphatic heterocycles. The highest BCUT2D eigenvalue weighted by Crippen LogP contribution is 2.38. The molecule has 56 heavy (non-hydrogen) atoms. The Balaban J connectivity index is 1.09. The van der Waals surface area contributed by atoms with Crippen LogP contribution in [0.15, 0.2) is 52.3 Å². The third-order valence-corrected chi connectivity index (χ3v) is 8.85. The van der Waals surface area contributed by atoms with Crippen LogP contribution in [-0.4, -0.2) is 106 Å². The molecule has 1 aliphatic rings. The lowest BCUT2D eigenvalue weighted by molar-refractivity contribution is -0.139. The maximum Gasteiger partial charge on any atom is 0.469 e. The number of carbonyl (C=O) groups is 3. The maximum absolute atomic E-state index is 12.9. The van der Waals surface area contributed by atoms with Crippen LogP contribution in [-0.2, 0) is 30.0 Å². The summed E-state index contributed by atoms with van der Waals surface area (Å²) >= 11 is 0. The van der Waals surface area contributed by atoms with Crippen LogP contribution in [0, 0.1) is 0 Å². The number of nitrogen functional groups attached to an aromatic ring is 2. The van der Waals surface area contributed by atoms with Crippen molar-refractivity contribution in [1.29, 1.82) is 0 Å². The van der Waals surface area contributed by atoms with E-state index in [1.165, 1.54) is 30.5 Å². The zero-order valence-electron chi connectivity index (χ0n) is 29.5. The number of aromatic nitrogens is 6. The van der Waals surface area contributed by atoms with Gasteiger partial charge in [-0.2, -0.15) is 9.97 Å². The molecular formula is C32H38N11O12P. The molecule has 0 spiro atoms. The first-order chi connectivity index (χ1) is 26.5. The second-order valence-corrected chi connectivity index (χ2v) is 13.7. The molecule has 24 heteroatoms. The van der Waals surface area contributed by atoms with E-state index < -0.39 is 67.9 Å². The Bertz CT molecular complexity index is 2300. The summed E-state index contributed by atoms with van der Waals surface area (Å²) in [6.45, 7) is -0.418. The predicted octanol–water partition coefficient (Wildman–Crippen LogP) is -1.38. The van der Waals surface area contributed by atoms with Gasteiger partial charge >= 0.3 is 19.5 Å². The molecule has 4 aromatic rings. The van der Waals surface area contributed by atoms with Gasteiger partial charge in [-0.15, -0.1) is 0 Å². The lowest BCUT2D eigenvalue weighted by Crippen LogP contribution is -2.41. The van der Waals surface area contributed by atoms with Crippen LogP contribution in [0.3, 0.4) is 0 Å². The quantitative estimate of drug-likeness (QED) is 0.0590. The minimum absolute atomic E-state index is 0.0166. The van der Waals surface area contributed by atoms with Crippen molar-refractivity contribution >= 4 is 60.3 Å². The largest absolute Gasteiger partial charge is 0.480 e. The second kappa shape index (κ2) is 17.6. The van der Waals surface area contributed by atoms with Crippen LogP contribution < -0.4 is 38.2 Å². The molecule has 4 heterocycles. The summed E-state index contributed by atoms with van der Waals surface area (Å²) in [4.78, 5) is 100. The van der Waals surface area contributed by atoms with E-state index in [1.54, 1.807) is 19.2 Å². The number of phosphoric ester groups is 1. The zero-order chi connectivity index (χ0) is 40.7. The number of nitrogens with one attached hydrogen (secondary N) is 3. The number of hydrogen-bond donors (Lipinski definition) is 9. The number of aliphatic hydroxyl groups excluding tert-OH is 1. The minimum atomic E-state index is -4.83. The number of amides is 2. The number of aromatic amines is 1. The molecule has 5 rings (SSSR count). The van der Waals surface area contributed by atoms with Gasteiger partial charge in [-0.1, -0.05) is 12.2 Å². The Hall–Kier alpha value is -6.10. The number of rotatable bonds is 16. The highest BCUT2D eigenvalue weighted by atomic mass is 31.2. The number of nitrogens with two attached hydrogens (primary N) is 2. The van der Waals surface area contributed by atoms with Gasteiger partial charge in [0.05, 0.1) is 36.7 Å². The summed E-state index contributed by atoms with van der Waals surface area (Å²) in [5.74, 6) is -2.48. The summed E-state index contributed by atoms with van der Waals surface area (Å²) in [6, 6.07) is 4.98. The van der Waals surface area contributed by atoms with Gasteiger partial charge in [0.2, 0.25) is 11.9 Å². The fraction of sp³-hybridized carbons (Fsp3) is 0.344. The number of anilines is 3. The van der Waals surface area contributed by atoms with Gasteiger partial charge in [-0.25, -0.2) is 24.1 Å². The number of carbonyl (C=O) groups excluding carboxylic acids is 2. The maximum atomic E-state index is 12.9. The number of fused-ring (bicyclic) bond motifs is 1. The molecule has 1 saturated heterocycles. The molecule has 0 aliphatic carbocycles. The van der Waals surface area contributed by atoms with Crippen molar-refractivity contribution in [2.24, 2.45) is 0 Å². The zero-order valence-corrected chi connectivity index (χ0v) is 30.4. The van der Waals surface area contributed by atoms with E-state index in [1.807, 2.05) is 4.90 Å². The number of aliphatic carboxylic acids is 1. The molecular weight excluding hydrogens is 761 g/mol. The van der Waals surface area contributed by atoms with Crippen molar-refractivity contribution in [3.63, 3.8) is 0 Å². The number of hydrogen-bond acceptors (Lipinski definition) is 16. The third kappa shape index (κ3) is 10.8. The van der Waals surface area contributed by atoms with E-state index in [2.05, 4.69) is 40.1 Å². The fourth-order valence-corrected chi connectivity index (χ4v) is 5.86. The first kappa shape index (κ1) is 41.1. The van der Waals surface area contributed by atoms with E-state index in [9.17, 15) is 38.8 Å². The van der Waals surface area contributed by atoms with Crippen molar-refractivity contribution in [3.8, 4) is 0 Å². The van der Waals surface area contributed by atoms with E-state index in [0.717, 1.165) is 10.8 Å². The Morgan fingerprint density at radius 1 is 1.18 bits per heavy atom. The smallest absolute Gasteiger partial charge is 0.469 e. The second-order valence-electron chi connectivity index (χ2n) is 12.5. The van der Waals surface area contributed by atoms with Crippen molar-refractivity contribution in [2.75, 3.05) is 36.6 Å². The van der Waals surface area contributed by atoms with Crippen LogP contribution in [0.25, 0.3) is 17.2 Å². The molecule has 0 bridgehead atoms. The van der Waals surface area contributed by atoms with Crippen LogP contribution in [0.5, 0.6) is 0 Å². The molecule has 1 aromatic carbocycles. The third-order valence-electron chi connectivity index (χ3n) is 8.37. The molecule has 0 radical (unpaired) electrons. The number of benzene rings is 1. The first-order valence-corrected chi connectivity index (χ1v) is 18.2. The van der Waals surface area contributed by atoms with Crippen molar-refractivity contribution in [3.05, 3.63) is 80.4 Å². The number of carboxylic acids is 1. The lowest BCUT2D eigenvalue weighted by atomic mass is 10.1. The van der Waals surface area contributed by atoms with Crippen molar-refractivity contribution in [2.45, 2.75) is 50.3 Å². The Morgan fingerprint density at radius 3 is 2.61 bits per heavy atom. The normalized spacial score (nSPS) is 17.5. The Labute approximate surface area is 315 Å². The van der Waals surface area contributed by atoms with Gasteiger partial charge in [0.1, 0.15) is 18.4 Å². The van der Waals surface area contributed by atoms with E-state index in [-0.39, 0.29) is 54.3 Å². The number of H-pyrrole nitrogens is 1. The van der Waals surface area contributed by atoms with Crippen LogP contribution in [0.1, 0.15) is 47.1 Å². The van der Waals surface area contributed by atoms with Gasteiger partial charge in [-0.3, -0.25) is 28.5 Å². The average Bonchev–Trinajstić information content (AvgIpc) is 3.51. The van der Waals surface area contributed by atoms with Gasteiger partial charge in [0.15, 0.2) is 17.0 Å². The number of nitrogens with zero attached hydrogens (tertiary/aromatic N) is 6. The predicted molar refractivity (Wildman–Crippen MR) is 197 cm³/mol. The van der Waals surface area contributed by atoms with Crippen LogP contribution >= 0.6 is 7.82 Å².